The standard InChI is InChI=1S/C10H19NO4/c1-5-7(12)9(10(14)15)8(13)6-11(2,3)4/h8-9,13H,5-6H2,1-4H3/p+1. The van der Waals surface area contributed by atoms with Gasteiger partial charge in [-0.2, -0.15) is 0 Å². The van der Waals surface area contributed by atoms with Crippen LogP contribution < -0.4 is 0 Å². The summed E-state index contributed by atoms with van der Waals surface area (Å²) in [6, 6.07) is 0. The van der Waals surface area contributed by atoms with Gasteiger partial charge < -0.3 is 14.7 Å². The molecule has 0 radical (unpaired) electrons. The SMILES string of the molecule is CCC(=O)C(C(=O)O)C(O)C[N+](C)(C)C. The van der Waals surface area contributed by atoms with Crippen molar-refractivity contribution in [1.29, 1.82) is 0 Å². The first-order valence-corrected chi connectivity index (χ1v) is 4.93. The molecule has 2 unspecified atom stereocenters. The van der Waals surface area contributed by atoms with Gasteiger partial charge in [-0.25, -0.2) is 0 Å². The number of aliphatic hydroxyl groups excluding tert-OH is 1. The molecule has 0 saturated carbocycles. The summed E-state index contributed by atoms with van der Waals surface area (Å²) in [5, 5.41) is 18.6. The molecule has 0 rings (SSSR count). The van der Waals surface area contributed by atoms with Gasteiger partial charge in [0.15, 0.2) is 0 Å². The second kappa shape index (κ2) is 5.23. The molecule has 0 heterocycles. The van der Waals surface area contributed by atoms with E-state index < -0.39 is 23.8 Å². The molecule has 15 heavy (non-hydrogen) atoms. The Labute approximate surface area is 89.9 Å². The third kappa shape index (κ3) is 4.90. The van der Waals surface area contributed by atoms with Gasteiger partial charge in [-0.3, -0.25) is 9.59 Å². The van der Waals surface area contributed by atoms with E-state index >= 15 is 0 Å². The number of aliphatic carboxylic acids is 1. The molecule has 0 aliphatic carbocycles. The predicted octanol–water partition coefficient (Wildman–Crippen LogP) is -0.267. The Balaban J connectivity index is 4.64. The summed E-state index contributed by atoms with van der Waals surface area (Å²) in [6.45, 7) is 1.83. The zero-order valence-electron chi connectivity index (χ0n) is 9.73. The van der Waals surface area contributed by atoms with E-state index in [1.807, 2.05) is 21.1 Å². The first-order valence-electron chi connectivity index (χ1n) is 4.93. The number of carboxylic acids is 1. The molecule has 0 aromatic rings. The molecule has 0 amide bonds. The molecular formula is C10H20NO4+. The number of carbonyl (C=O) groups excluding carboxylic acids is 1. The second-order valence-corrected chi connectivity index (χ2v) is 4.68. The summed E-state index contributed by atoms with van der Waals surface area (Å²) >= 11 is 0. The van der Waals surface area contributed by atoms with Crippen LogP contribution in [0.25, 0.3) is 0 Å². The van der Waals surface area contributed by atoms with Crippen molar-refractivity contribution in [1.82, 2.24) is 0 Å². The van der Waals surface area contributed by atoms with Gasteiger partial charge in [-0.15, -0.1) is 0 Å². The summed E-state index contributed by atoms with van der Waals surface area (Å²) in [7, 11) is 5.50. The second-order valence-electron chi connectivity index (χ2n) is 4.68. The molecule has 2 atom stereocenters. The van der Waals surface area contributed by atoms with Crippen LogP contribution in [-0.4, -0.2) is 60.2 Å². The molecule has 5 nitrogen and oxygen atoms in total. The van der Waals surface area contributed by atoms with Crippen LogP contribution in [0, 0.1) is 5.92 Å². The van der Waals surface area contributed by atoms with E-state index in [1.54, 1.807) is 6.92 Å². The number of aliphatic hydroxyl groups is 1. The van der Waals surface area contributed by atoms with Gasteiger partial charge >= 0.3 is 5.97 Å². The van der Waals surface area contributed by atoms with Gasteiger partial charge in [-0.1, -0.05) is 6.92 Å². The first kappa shape index (κ1) is 14.1. The highest BCUT2D eigenvalue weighted by Gasteiger charge is 2.35. The number of nitrogens with zero attached hydrogens (tertiary/aromatic N) is 1. The monoisotopic (exact) mass is 218 g/mol. The summed E-state index contributed by atoms with van der Waals surface area (Å²) in [6.07, 6.45) is -1.000. The Hall–Kier alpha value is -0.940. The minimum Gasteiger partial charge on any atom is -0.481 e. The molecule has 2 N–H and O–H groups in total. The molecule has 0 aliphatic rings. The normalized spacial score (nSPS) is 15.8. The third-order valence-electron chi connectivity index (χ3n) is 2.08. The minimum absolute atomic E-state index is 0.130. The van der Waals surface area contributed by atoms with E-state index in [0.717, 1.165) is 0 Å². The summed E-state index contributed by atoms with van der Waals surface area (Å²) in [5.74, 6) is -2.97. The highest BCUT2D eigenvalue weighted by molar-refractivity contribution is 5.98. The first-order chi connectivity index (χ1) is 6.69. The number of rotatable bonds is 6. The fraction of sp³-hybridized carbons (Fsp3) is 0.800. The van der Waals surface area contributed by atoms with E-state index in [-0.39, 0.29) is 13.0 Å². The Kier molecular flexibility index (Phi) is 4.90. The minimum atomic E-state index is -1.30. The molecule has 0 spiro atoms. The molecular weight excluding hydrogens is 198 g/mol. The third-order valence-corrected chi connectivity index (χ3v) is 2.08. The van der Waals surface area contributed by atoms with Crippen LogP contribution in [0.2, 0.25) is 0 Å². The number of quaternary nitrogens is 1. The van der Waals surface area contributed by atoms with Crippen LogP contribution in [0.3, 0.4) is 0 Å². The highest BCUT2D eigenvalue weighted by atomic mass is 16.4. The lowest BCUT2D eigenvalue weighted by molar-refractivity contribution is -0.873. The maximum Gasteiger partial charge on any atom is 0.316 e. The van der Waals surface area contributed by atoms with Crippen molar-refractivity contribution in [3.8, 4) is 0 Å². The van der Waals surface area contributed by atoms with Crippen LogP contribution in [-0.2, 0) is 9.59 Å². The van der Waals surface area contributed by atoms with Gasteiger partial charge in [0.2, 0.25) is 0 Å². The lowest BCUT2D eigenvalue weighted by Gasteiger charge is -2.28. The number of hydrogen-bond acceptors (Lipinski definition) is 3. The number of hydrogen-bond donors (Lipinski definition) is 2. The van der Waals surface area contributed by atoms with Crippen molar-refractivity contribution in [3.05, 3.63) is 0 Å². The van der Waals surface area contributed by atoms with E-state index in [4.69, 9.17) is 5.11 Å². The number of ketones is 1. The molecule has 0 aromatic carbocycles. The zero-order chi connectivity index (χ0) is 12.2. The molecule has 0 aliphatic heterocycles. The van der Waals surface area contributed by atoms with Crippen molar-refractivity contribution in [2.24, 2.45) is 5.92 Å². The smallest absolute Gasteiger partial charge is 0.316 e. The van der Waals surface area contributed by atoms with E-state index in [0.29, 0.717) is 4.48 Å². The van der Waals surface area contributed by atoms with E-state index in [2.05, 4.69) is 0 Å². The van der Waals surface area contributed by atoms with Gasteiger partial charge in [0.1, 0.15) is 24.3 Å². The van der Waals surface area contributed by atoms with Crippen molar-refractivity contribution < 1.29 is 24.3 Å². The Morgan fingerprint density at radius 1 is 1.27 bits per heavy atom. The van der Waals surface area contributed by atoms with Gasteiger partial charge in [0.05, 0.1) is 21.1 Å². The summed E-state index contributed by atoms with van der Waals surface area (Å²) < 4.78 is 0.419. The van der Waals surface area contributed by atoms with Crippen LogP contribution in [0.5, 0.6) is 0 Å². The highest BCUT2D eigenvalue weighted by Crippen LogP contribution is 2.11. The Bertz CT molecular complexity index is 244. The molecule has 5 heteroatoms. The molecule has 88 valence electrons. The number of Topliss-reactive ketones (excluding diaryl/α,β-unsaturated/α-hetero) is 1. The van der Waals surface area contributed by atoms with Gasteiger partial charge in [0.25, 0.3) is 0 Å². The fourth-order valence-corrected chi connectivity index (χ4v) is 1.40. The van der Waals surface area contributed by atoms with Gasteiger partial charge in [-0.05, 0) is 0 Å². The molecule has 0 saturated heterocycles. The largest absolute Gasteiger partial charge is 0.481 e. The molecule has 0 aromatic heterocycles. The van der Waals surface area contributed by atoms with Crippen molar-refractivity contribution in [2.45, 2.75) is 19.4 Å². The maximum atomic E-state index is 11.3. The zero-order valence-corrected chi connectivity index (χ0v) is 9.73. The van der Waals surface area contributed by atoms with Gasteiger partial charge in [0, 0.05) is 6.42 Å². The number of likely N-dealkylation sites (N-methyl/N-ethyl adjacent to an activating group) is 1. The fourth-order valence-electron chi connectivity index (χ4n) is 1.40. The number of carbonyl (C=O) groups is 2. The summed E-state index contributed by atoms with van der Waals surface area (Å²) in [5.41, 5.74) is 0. The van der Waals surface area contributed by atoms with Crippen molar-refractivity contribution in [3.63, 3.8) is 0 Å². The van der Waals surface area contributed by atoms with E-state index in [1.165, 1.54) is 0 Å². The van der Waals surface area contributed by atoms with E-state index in [9.17, 15) is 14.7 Å². The van der Waals surface area contributed by atoms with Crippen LogP contribution in [0.4, 0.5) is 0 Å². The topological polar surface area (TPSA) is 74.6 Å². The molecule has 0 fully saturated rings. The average Bonchev–Trinajstić information content (AvgIpc) is 1.99. The predicted molar refractivity (Wildman–Crippen MR) is 55.3 cm³/mol. The Morgan fingerprint density at radius 3 is 2.00 bits per heavy atom. The lowest BCUT2D eigenvalue weighted by Crippen LogP contribution is -2.47. The van der Waals surface area contributed by atoms with Crippen LogP contribution in [0.15, 0.2) is 0 Å². The lowest BCUT2D eigenvalue weighted by atomic mass is 9.95. The quantitative estimate of drug-likeness (QED) is 0.475. The molecule has 0 bridgehead atoms. The maximum absolute atomic E-state index is 11.3. The van der Waals surface area contributed by atoms with Crippen LogP contribution in [0.1, 0.15) is 13.3 Å². The van der Waals surface area contributed by atoms with Crippen molar-refractivity contribution >= 4 is 11.8 Å². The summed E-state index contributed by atoms with van der Waals surface area (Å²) in [4.78, 5) is 22.2. The van der Waals surface area contributed by atoms with Crippen molar-refractivity contribution in [2.75, 3.05) is 27.7 Å². The average molecular weight is 218 g/mol. The van der Waals surface area contributed by atoms with Crippen LogP contribution >= 0.6 is 0 Å². The Morgan fingerprint density at radius 2 is 1.73 bits per heavy atom. The number of carboxylic acid groups (broad SMARTS) is 1.